The van der Waals surface area contributed by atoms with E-state index in [9.17, 15) is 9.59 Å². The van der Waals surface area contributed by atoms with Crippen LogP contribution in [0.5, 0.6) is 0 Å². The third kappa shape index (κ3) is 6.90. The minimum atomic E-state index is -2.22. The van der Waals surface area contributed by atoms with Crippen molar-refractivity contribution in [1.82, 2.24) is 0 Å². The summed E-state index contributed by atoms with van der Waals surface area (Å²) in [6.45, 7) is 18.9. The van der Waals surface area contributed by atoms with Crippen molar-refractivity contribution in [2.45, 2.75) is 104 Å². The molecular weight excluding hydrogens is 344 g/mol. The Hall–Kier alpha value is -1.10. The molecule has 0 aliphatic carbocycles. The molecule has 0 fully saturated rings. The summed E-state index contributed by atoms with van der Waals surface area (Å²) in [7, 11) is -2.22. The quantitative estimate of drug-likeness (QED) is 0.165. The van der Waals surface area contributed by atoms with Crippen LogP contribution >= 0.6 is 0 Å². The van der Waals surface area contributed by atoms with E-state index >= 15 is 0 Å². The highest BCUT2D eigenvalue weighted by atomic mass is 28.4. The van der Waals surface area contributed by atoms with E-state index in [1.807, 2.05) is 0 Å². The number of rotatable bonds is 13. The fourth-order valence-electron chi connectivity index (χ4n) is 3.62. The molecular formula is C21H40O4Si. The van der Waals surface area contributed by atoms with Crippen LogP contribution in [0.15, 0.2) is 12.2 Å². The maximum Gasteiger partial charge on any atom is 0.333 e. The van der Waals surface area contributed by atoms with E-state index in [0.29, 0.717) is 48.1 Å². The van der Waals surface area contributed by atoms with Gasteiger partial charge in [0.25, 0.3) is 14.3 Å². The molecule has 0 rings (SSSR count). The molecule has 5 heteroatoms. The van der Waals surface area contributed by atoms with Crippen molar-refractivity contribution in [1.29, 1.82) is 0 Å². The Morgan fingerprint density at radius 1 is 0.923 bits per heavy atom. The Bertz CT molecular complexity index is 434. The SMILES string of the molecule is C=C(C)C(=O)OCCCCC(=O)O[Si](C(C)CC)(C(C)CC)C(C)CC. The zero-order valence-corrected chi connectivity index (χ0v) is 19.0. The second kappa shape index (κ2) is 12.3. The van der Waals surface area contributed by atoms with Gasteiger partial charge in [-0.05, 0) is 36.4 Å². The normalized spacial score (nSPS) is 16.9. The molecule has 0 aromatic carbocycles. The molecule has 0 aromatic heterocycles. The minimum Gasteiger partial charge on any atom is -0.518 e. The second-order valence-electron chi connectivity index (χ2n) is 7.63. The molecule has 0 N–H and O–H groups in total. The van der Waals surface area contributed by atoms with Gasteiger partial charge in [0.2, 0.25) is 0 Å². The molecule has 0 spiro atoms. The van der Waals surface area contributed by atoms with Gasteiger partial charge >= 0.3 is 5.97 Å². The lowest BCUT2D eigenvalue weighted by molar-refractivity contribution is -0.139. The van der Waals surface area contributed by atoms with Gasteiger partial charge in [-0.1, -0.05) is 67.4 Å². The zero-order valence-electron chi connectivity index (χ0n) is 18.0. The lowest BCUT2D eigenvalue weighted by Crippen LogP contribution is -2.51. The molecule has 0 radical (unpaired) electrons. The van der Waals surface area contributed by atoms with E-state index in [0.717, 1.165) is 19.3 Å². The number of carbonyl (C=O) groups is 2. The zero-order chi connectivity index (χ0) is 20.3. The first-order valence-corrected chi connectivity index (χ1v) is 12.4. The molecule has 152 valence electrons. The van der Waals surface area contributed by atoms with Crippen LogP contribution in [-0.2, 0) is 18.8 Å². The van der Waals surface area contributed by atoms with Crippen molar-refractivity contribution in [3.63, 3.8) is 0 Å². The lowest BCUT2D eigenvalue weighted by atomic mass is 10.2. The number of carbonyl (C=O) groups excluding carboxylic acids is 2. The molecule has 0 heterocycles. The van der Waals surface area contributed by atoms with Crippen LogP contribution < -0.4 is 0 Å². The highest BCUT2D eigenvalue weighted by Gasteiger charge is 2.51. The largest absolute Gasteiger partial charge is 0.518 e. The number of hydrogen-bond acceptors (Lipinski definition) is 4. The van der Waals surface area contributed by atoms with Crippen LogP contribution in [0.3, 0.4) is 0 Å². The van der Waals surface area contributed by atoms with Crippen molar-refractivity contribution in [2.24, 2.45) is 0 Å². The molecule has 3 unspecified atom stereocenters. The van der Waals surface area contributed by atoms with Crippen LogP contribution in [0.25, 0.3) is 0 Å². The van der Waals surface area contributed by atoms with Gasteiger partial charge in [0, 0.05) is 12.0 Å². The number of ether oxygens (including phenoxy) is 1. The third-order valence-electron chi connectivity index (χ3n) is 5.80. The maximum absolute atomic E-state index is 12.6. The van der Waals surface area contributed by atoms with Gasteiger partial charge in [-0.2, -0.15) is 0 Å². The first-order chi connectivity index (χ1) is 12.2. The lowest BCUT2D eigenvalue weighted by Gasteiger charge is -2.44. The topological polar surface area (TPSA) is 52.6 Å². The summed E-state index contributed by atoms with van der Waals surface area (Å²) < 4.78 is 11.4. The van der Waals surface area contributed by atoms with Crippen molar-refractivity contribution < 1.29 is 18.8 Å². The smallest absolute Gasteiger partial charge is 0.333 e. The second-order valence-corrected chi connectivity index (χ2v) is 12.5. The summed E-state index contributed by atoms with van der Waals surface area (Å²) in [5.74, 6) is -0.451. The first-order valence-electron chi connectivity index (χ1n) is 10.2. The van der Waals surface area contributed by atoms with Crippen LogP contribution in [0.1, 0.15) is 87.0 Å². The molecule has 0 aliphatic rings. The van der Waals surface area contributed by atoms with Crippen molar-refractivity contribution in [2.75, 3.05) is 6.61 Å². The summed E-state index contributed by atoms with van der Waals surface area (Å²) in [5, 5.41) is 0. The molecule has 0 saturated carbocycles. The summed E-state index contributed by atoms with van der Waals surface area (Å²) in [6.07, 6.45) is 4.87. The molecule has 3 atom stereocenters. The van der Waals surface area contributed by atoms with Gasteiger partial charge in [-0.15, -0.1) is 0 Å². The van der Waals surface area contributed by atoms with Crippen LogP contribution in [-0.4, -0.2) is 26.9 Å². The van der Waals surface area contributed by atoms with E-state index in [2.05, 4.69) is 48.1 Å². The average molecular weight is 385 g/mol. The Morgan fingerprint density at radius 3 is 1.77 bits per heavy atom. The number of hydrogen-bond donors (Lipinski definition) is 0. The Kier molecular flexibility index (Phi) is 11.8. The Balaban J connectivity index is 4.82. The Labute approximate surface area is 161 Å². The highest BCUT2D eigenvalue weighted by Crippen LogP contribution is 2.47. The third-order valence-corrected chi connectivity index (χ3v) is 12.2. The molecule has 0 aliphatic heterocycles. The number of unbranched alkanes of at least 4 members (excludes halogenated alkanes) is 1. The van der Waals surface area contributed by atoms with E-state index in [-0.39, 0.29) is 11.9 Å². The summed E-state index contributed by atoms with van der Waals surface area (Å²) in [4.78, 5) is 24.0. The van der Waals surface area contributed by atoms with Crippen LogP contribution in [0.4, 0.5) is 0 Å². The number of esters is 1. The predicted molar refractivity (Wildman–Crippen MR) is 111 cm³/mol. The maximum atomic E-state index is 12.6. The van der Waals surface area contributed by atoms with Crippen molar-refractivity contribution in [3.05, 3.63) is 12.2 Å². The highest BCUT2D eigenvalue weighted by molar-refractivity contribution is 6.79. The van der Waals surface area contributed by atoms with E-state index < -0.39 is 8.32 Å². The van der Waals surface area contributed by atoms with E-state index in [4.69, 9.17) is 9.16 Å². The van der Waals surface area contributed by atoms with Gasteiger partial charge in [0.1, 0.15) is 0 Å². The molecule has 26 heavy (non-hydrogen) atoms. The molecule has 0 aromatic rings. The monoisotopic (exact) mass is 384 g/mol. The molecule has 0 amide bonds. The summed E-state index contributed by atoms with van der Waals surface area (Å²) >= 11 is 0. The summed E-state index contributed by atoms with van der Waals surface area (Å²) in [5.41, 5.74) is 1.75. The van der Waals surface area contributed by atoms with Crippen LogP contribution in [0, 0.1) is 0 Å². The van der Waals surface area contributed by atoms with Crippen molar-refractivity contribution >= 4 is 20.3 Å². The van der Waals surface area contributed by atoms with Gasteiger partial charge in [-0.3, -0.25) is 4.79 Å². The Morgan fingerprint density at radius 2 is 1.38 bits per heavy atom. The average Bonchev–Trinajstić information content (AvgIpc) is 2.63. The molecule has 4 nitrogen and oxygen atoms in total. The van der Waals surface area contributed by atoms with Gasteiger partial charge < -0.3 is 9.16 Å². The standard InChI is InChI=1S/C21H40O4Si/c1-9-17(6)26(18(7)10-2,19(8)11-3)25-20(22)14-12-13-15-24-21(23)16(4)5/h17-19H,4,9-15H2,1-3,5-8H3. The molecule has 0 saturated heterocycles. The predicted octanol–water partition coefficient (Wildman–Crippen LogP) is 6.17. The van der Waals surface area contributed by atoms with Crippen LogP contribution in [0.2, 0.25) is 16.6 Å². The minimum absolute atomic E-state index is 0.0798. The summed E-state index contributed by atoms with van der Waals surface area (Å²) in [6, 6.07) is 0. The van der Waals surface area contributed by atoms with Gasteiger partial charge in [-0.25, -0.2) is 4.79 Å². The molecule has 0 bridgehead atoms. The van der Waals surface area contributed by atoms with E-state index in [1.165, 1.54) is 0 Å². The fraction of sp³-hybridized carbons (Fsp3) is 0.810. The fourth-order valence-corrected chi connectivity index (χ4v) is 9.55. The van der Waals surface area contributed by atoms with Gasteiger partial charge in [0.15, 0.2) is 0 Å². The van der Waals surface area contributed by atoms with Crippen molar-refractivity contribution in [3.8, 4) is 0 Å². The van der Waals surface area contributed by atoms with Gasteiger partial charge in [0.05, 0.1) is 6.61 Å². The first kappa shape index (κ1) is 24.9. The van der Waals surface area contributed by atoms with E-state index in [1.54, 1.807) is 6.92 Å².